The van der Waals surface area contributed by atoms with Gasteiger partial charge >= 0.3 is 0 Å². The van der Waals surface area contributed by atoms with Gasteiger partial charge in [0, 0.05) is 13.1 Å². The van der Waals surface area contributed by atoms with Gasteiger partial charge in [-0.25, -0.2) is 4.68 Å². The second kappa shape index (κ2) is 7.73. The second-order valence-electron chi connectivity index (χ2n) is 6.82. The fourth-order valence-corrected chi connectivity index (χ4v) is 2.97. The molecule has 3 rings (SSSR count). The lowest BCUT2D eigenvalue weighted by Gasteiger charge is -2.29. The van der Waals surface area contributed by atoms with E-state index in [0.717, 1.165) is 30.5 Å². The van der Waals surface area contributed by atoms with Gasteiger partial charge in [-0.2, -0.15) is 0 Å². The number of likely N-dealkylation sites (N-methyl/N-ethyl adjacent to an activating group) is 1. The number of likely N-dealkylation sites (tertiary alicyclic amines) is 1. The summed E-state index contributed by atoms with van der Waals surface area (Å²) in [7, 11) is 1.75. The summed E-state index contributed by atoms with van der Waals surface area (Å²) in [6.07, 6.45) is 3.89. The normalized spacial score (nSPS) is 17.6. The average molecular weight is 347 g/mol. The number of amides is 1. The first-order valence-electron chi connectivity index (χ1n) is 8.68. The van der Waals surface area contributed by atoms with Crippen molar-refractivity contribution in [2.24, 2.45) is 5.92 Å². The van der Waals surface area contributed by atoms with E-state index < -0.39 is 0 Å². The Bertz CT molecular complexity index is 676. The fraction of sp³-hybridized carbons (Fsp3) is 0.688. The number of hydrogen-bond donors (Lipinski definition) is 0. The van der Waals surface area contributed by atoms with Crippen molar-refractivity contribution in [3.05, 3.63) is 23.8 Å². The monoisotopic (exact) mass is 347 g/mol. The maximum atomic E-state index is 12.6. The van der Waals surface area contributed by atoms with E-state index >= 15 is 0 Å². The van der Waals surface area contributed by atoms with Crippen LogP contribution in [0.3, 0.4) is 0 Å². The zero-order valence-corrected chi connectivity index (χ0v) is 15.0. The molecule has 0 unspecified atom stereocenters. The molecule has 0 saturated carbocycles. The second-order valence-corrected chi connectivity index (χ2v) is 6.82. The molecule has 2 aromatic heterocycles. The van der Waals surface area contributed by atoms with Crippen molar-refractivity contribution in [3.63, 3.8) is 0 Å². The van der Waals surface area contributed by atoms with Crippen LogP contribution in [0.15, 0.2) is 16.9 Å². The Hall–Kier alpha value is -2.29. The Morgan fingerprint density at radius 3 is 2.88 bits per heavy atom. The maximum Gasteiger partial charge on any atom is 0.244 e. The molecule has 0 spiro atoms. The lowest BCUT2D eigenvalue weighted by atomic mass is 9.99. The third-order valence-electron chi connectivity index (χ3n) is 4.99. The van der Waals surface area contributed by atoms with E-state index in [9.17, 15) is 4.79 Å². The summed E-state index contributed by atoms with van der Waals surface area (Å²) in [5, 5.41) is 15.7. The van der Waals surface area contributed by atoms with Gasteiger partial charge in [-0.05, 0) is 49.2 Å². The number of tetrazole rings is 1. The molecule has 1 atom stereocenters. The smallest absolute Gasteiger partial charge is 0.244 e. The minimum atomic E-state index is -0.172. The van der Waals surface area contributed by atoms with E-state index in [2.05, 4.69) is 32.5 Å². The molecule has 0 aliphatic carbocycles. The van der Waals surface area contributed by atoms with E-state index in [4.69, 9.17) is 4.52 Å². The van der Waals surface area contributed by atoms with E-state index in [1.807, 2.05) is 6.92 Å². The SMILES string of the molecule is CC1CCN(Cc2nnnn2CC(=O)N(C)[C@@H](C)c2ccon2)CC1. The highest BCUT2D eigenvalue weighted by atomic mass is 16.5. The van der Waals surface area contributed by atoms with Crippen molar-refractivity contribution < 1.29 is 9.32 Å². The van der Waals surface area contributed by atoms with Crippen LogP contribution >= 0.6 is 0 Å². The summed E-state index contributed by atoms with van der Waals surface area (Å²) in [4.78, 5) is 16.5. The Balaban J connectivity index is 1.59. The van der Waals surface area contributed by atoms with E-state index in [-0.39, 0.29) is 18.5 Å². The third kappa shape index (κ3) is 4.22. The van der Waals surface area contributed by atoms with Gasteiger partial charge in [0.05, 0.1) is 12.6 Å². The number of carbonyl (C=O) groups is 1. The zero-order valence-electron chi connectivity index (χ0n) is 15.0. The van der Waals surface area contributed by atoms with Gasteiger partial charge in [-0.1, -0.05) is 12.1 Å². The van der Waals surface area contributed by atoms with Gasteiger partial charge in [0.25, 0.3) is 0 Å². The van der Waals surface area contributed by atoms with Gasteiger partial charge in [-0.3, -0.25) is 9.69 Å². The Morgan fingerprint density at radius 2 is 2.20 bits per heavy atom. The van der Waals surface area contributed by atoms with E-state index in [0.29, 0.717) is 6.54 Å². The lowest BCUT2D eigenvalue weighted by Crippen LogP contribution is -2.35. The topological polar surface area (TPSA) is 93.2 Å². The van der Waals surface area contributed by atoms with Crippen molar-refractivity contribution >= 4 is 5.91 Å². The van der Waals surface area contributed by atoms with Crippen LogP contribution in [-0.2, 0) is 17.9 Å². The van der Waals surface area contributed by atoms with Crippen molar-refractivity contribution in [1.29, 1.82) is 0 Å². The van der Waals surface area contributed by atoms with Crippen molar-refractivity contribution in [2.75, 3.05) is 20.1 Å². The predicted molar refractivity (Wildman–Crippen MR) is 89.2 cm³/mol. The number of piperidine rings is 1. The third-order valence-corrected chi connectivity index (χ3v) is 4.99. The molecule has 1 amide bonds. The minimum Gasteiger partial charge on any atom is -0.364 e. The molecule has 1 aliphatic heterocycles. The van der Waals surface area contributed by atoms with Gasteiger partial charge in [-0.15, -0.1) is 5.10 Å². The van der Waals surface area contributed by atoms with Crippen molar-refractivity contribution in [3.8, 4) is 0 Å². The molecule has 1 aliphatic rings. The molecular formula is C16H25N7O2. The Labute approximate surface area is 146 Å². The van der Waals surface area contributed by atoms with Crippen LogP contribution in [0.2, 0.25) is 0 Å². The molecule has 0 bridgehead atoms. The highest BCUT2D eigenvalue weighted by molar-refractivity contribution is 5.76. The molecule has 9 nitrogen and oxygen atoms in total. The fourth-order valence-electron chi connectivity index (χ4n) is 2.97. The van der Waals surface area contributed by atoms with Crippen molar-refractivity contribution in [1.82, 2.24) is 35.2 Å². The Morgan fingerprint density at radius 1 is 1.44 bits per heavy atom. The molecule has 0 radical (unpaired) electrons. The van der Waals surface area contributed by atoms with E-state index in [1.165, 1.54) is 19.1 Å². The van der Waals surface area contributed by atoms with Crippen LogP contribution in [0.25, 0.3) is 0 Å². The molecule has 1 saturated heterocycles. The highest BCUT2D eigenvalue weighted by Crippen LogP contribution is 2.18. The predicted octanol–water partition coefficient (Wildman–Crippen LogP) is 1.11. The molecule has 3 heterocycles. The molecule has 136 valence electrons. The van der Waals surface area contributed by atoms with Crippen LogP contribution in [-0.4, -0.2) is 61.2 Å². The summed E-state index contributed by atoms with van der Waals surface area (Å²) in [6, 6.07) is 1.59. The largest absolute Gasteiger partial charge is 0.364 e. The summed E-state index contributed by atoms with van der Waals surface area (Å²) in [5.41, 5.74) is 0.718. The maximum absolute atomic E-state index is 12.6. The zero-order chi connectivity index (χ0) is 17.8. The van der Waals surface area contributed by atoms with Gasteiger partial charge in [0.1, 0.15) is 18.5 Å². The first-order valence-corrected chi connectivity index (χ1v) is 8.68. The molecule has 0 N–H and O–H groups in total. The van der Waals surface area contributed by atoms with Gasteiger partial charge < -0.3 is 9.42 Å². The standard InChI is InChI=1S/C16H25N7O2/c1-12-4-7-22(8-5-12)10-15-17-19-20-23(15)11-16(24)21(3)13(2)14-6-9-25-18-14/h6,9,12-13H,4-5,7-8,10-11H2,1-3H3/t13-/m0/s1. The van der Waals surface area contributed by atoms with Crippen LogP contribution in [0, 0.1) is 5.92 Å². The number of nitrogens with zero attached hydrogens (tertiary/aromatic N) is 7. The van der Waals surface area contributed by atoms with Gasteiger partial charge in [0.15, 0.2) is 5.82 Å². The van der Waals surface area contributed by atoms with Crippen molar-refractivity contribution in [2.45, 2.75) is 45.8 Å². The van der Waals surface area contributed by atoms with Crippen LogP contribution in [0.5, 0.6) is 0 Å². The molecule has 1 fully saturated rings. The van der Waals surface area contributed by atoms with Crippen LogP contribution < -0.4 is 0 Å². The minimum absolute atomic E-state index is 0.0729. The van der Waals surface area contributed by atoms with Gasteiger partial charge in [0.2, 0.25) is 5.91 Å². The highest BCUT2D eigenvalue weighted by Gasteiger charge is 2.23. The number of rotatable bonds is 6. The number of hydrogen-bond acceptors (Lipinski definition) is 7. The Kier molecular flexibility index (Phi) is 5.42. The van der Waals surface area contributed by atoms with Crippen LogP contribution in [0.1, 0.15) is 44.2 Å². The molecule has 2 aromatic rings. The molecule has 0 aromatic carbocycles. The summed E-state index contributed by atoms with van der Waals surface area (Å²) in [5.74, 6) is 1.43. The molecule has 9 heteroatoms. The van der Waals surface area contributed by atoms with E-state index in [1.54, 1.807) is 22.7 Å². The summed E-state index contributed by atoms with van der Waals surface area (Å²) < 4.78 is 6.44. The molecular weight excluding hydrogens is 322 g/mol. The number of aromatic nitrogens is 5. The average Bonchev–Trinajstić information content (AvgIpc) is 3.28. The number of carbonyl (C=O) groups excluding carboxylic acids is 1. The first kappa shape index (κ1) is 17.5. The summed E-state index contributed by atoms with van der Waals surface area (Å²) >= 11 is 0. The lowest BCUT2D eigenvalue weighted by molar-refractivity contribution is -0.132. The molecule has 25 heavy (non-hydrogen) atoms. The first-order chi connectivity index (χ1) is 12.0. The van der Waals surface area contributed by atoms with Crippen LogP contribution in [0.4, 0.5) is 0 Å². The quantitative estimate of drug-likeness (QED) is 0.773. The summed E-state index contributed by atoms with van der Waals surface area (Å²) in [6.45, 7) is 7.08.